The average molecular weight is 337 g/mol. The van der Waals surface area contributed by atoms with Gasteiger partial charge in [-0.15, -0.1) is 0 Å². The second kappa shape index (κ2) is 7.31. The summed E-state index contributed by atoms with van der Waals surface area (Å²) in [5.41, 5.74) is 1.92. The summed E-state index contributed by atoms with van der Waals surface area (Å²) in [6.07, 6.45) is 3.41. The number of carboxylic acids is 1. The van der Waals surface area contributed by atoms with E-state index in [1.807, 2.05) is 12.1 Å². The van der Waals surface area contributed by atoms with Crippen LogP contribution in [0.4, 0.5) is 5.69 Å². The number of H-pyrrole nitrogens is 1. The number of imidazole rings is 1. The molecule has 7 heteroatoms. The molecule has 0 saturated heterocycles. The van der Waals surface area contributed by atoms with Crippen LogP contribution in [-0.4, -0.2) is 33.6 Å². The summed E-state index contributed by atoms with van der Waals surface area (Å²) in [6.45, 7) is -0.459. The van der Waals surface area contributed by atoms with Crippen LogP contribution in [0.2, 0.25) is 0 Å². The number of carbonyl (C=O) groups is 2. The summed E-state index contributed by atoms with van der Waals surface area (Å²) in [5.74, 6) is -0.317. The number of anilines is 1. The zero-order chi connectivity index (χ0) is 17.6. The molecule has 0 saturated carbocycles. The number of rotatable bonds is 6. The van der Waals surface area contributed by atoms with Crippen molar-refractivity contribution in [1.82, 2.24) is 9.97 Å². The molecule has 1 heterocycles. The third-order valence-corrected chi connectivity index (χ3v) is 3.37. The van der Waals surface area contributed by atoms with Crippen molar-refractivity contribution in [1.29, 1.82) is 0 Å². The Morgan fingerprint density at radius 1 is 1.16 bits per heavy atom. The van der Waals surface area contributed by atoms with Crippen molar-refractivity contribution in [3.63, 3.8) is 0 Å². The second-order valence-corrected chi connectivity index (χ2v) is 5.18. The lowest BCUT2D eigenvalue weighted by atomic mass is 10.1. The number of aromatic amines is 1. The molecule has 7 nitrogen and oxygen atoms in total. The highest BCUT2D eigenvalue weighted by Crippen LogP contribution is 2.19. The maximum absolute atomic E-state index is 12.3. The van der Waals surface area contributed by atoms with Gasteiger partial charge in [0.1, 0.15) is 11.6 Å². The highest BCUT2D eigenvalue weighted by molar-refractivity contribution is 6.04. The number of nitrogens with one attached hydrogen (secondary N) is 2. The van der Waals surface area contributed by atoms with Gasteiger partial charge in [0.05, 0.1) is 0 Å². The molecular formula is C18H15N3O4. The number of carboxylic acid groups (broad SMARTS) is 1. The largest absolute Gasteiger partial charge is 0.482 e. The standard InChI is InChI=1S/C18H15N3O4/c22-16(23)11-25-15-3-1-2-13(10-15)18(24)21-14-6-4-12(5-7-14)17-19-8-9-20-17/h1-10H,11H2,(H,19,20)(H,21,24)(H,22,23). The number of ether oxygens (including phenoxy) is 1. The molecule has 3 N–H and O–H groups in total. The molecule has 0 aliphatic carbocycles. The van der Waals surface area contributed by atoms with Gasteiger partial charge in [0.15, 0.2) is 6.61 Å². The van der Waals surface area contributed by atoms with E-state index in [1.165, 1.54) is 6.07 Å². The first-order valence-corrected chi connectivity index (χ1v) is 7.47. The predicted molar refractivity (Wildman–Crippen MR) is 91.5 cm³/mol. The van der Waals surface area contributed by atoms with Crippen molar-refractivity contribution in [3.8, 4) is 17.1 Å². The fourth-order valence-electron chi connectivity index (χ4n) is 2.21. The topological polar surface area (TPSA) is 104 Å². The number of hydrogen-bond donors (Lipinski definition) is 3. The Balaban J connectivity index is 1.67. The Kier molecular flexibility index (Phi) is 4.75. The van der Waals surface area contributed by atoms with Gasteiger partial charge in [0.25, 0.3) is 5.91 Å². The fourth-order valence-corrected chi connectivity index (χ4v) is 2.21. The summed E-state index contributed by atoms with van der Waals surface area (Å²) in [4.78, 5) is 30.0. The van der Waals surface area contributed by atoms with E-state index < -0.39 is 12.6 Å². The summed E-state index contributed by atoms with van der Waals surface area (Å²) in [5, 5.41) is 11.4. The van der Waals surface area contributed by atoms with Gasteiger partial charge in [-0.2, -0.15) is 0 Å². The SMILES string of the molecule is O=C(O)COc1cccc(C(=O)Nc2ccc(-c3ncc[nH]3)cc2)c1. The first-order chi connectivity index (χ1) is 12.1. The van der Waals surface area contributed by atoms with Gasteiger partial charge in [-0.05, 0) is 42.5 Å². The number of aliphatic carboxylic acids is 1. The summed E-state index contributed by atoms with van der Waals surface area (Å²) < 4.78 is 5.08. The Labute approximate surface area is 143 Å². The molecule has 0 atom stereocenters. The van der Waals surface area contributed by atoms with Crippen molar-refractivity contribution in [2.75, 3.05) is 11.9 Å². The molecule has 126 valence electrons. The van der Waals surface area contributed by atoms with E-state index in [0.717, 1.165) is 11.4 Å². The van der Waals surface area contributed by atoms with Crippen molar-refractivity contribution in [3.05, 3.63) is 66.5 Å². The maximum atomic E-state index is 12.3. The summed E-state index contributed by atoms with van der Waals surface area (Å²) in [6, 6.07) is 13.6. The van der Waals surface area contributed by atoms with Gasteiger partial charge in [0, 0.05) is 29.2 Å². The Hall–Kier alpha value is -3.61. The lowest BCUT2D eigenvalue weighted by Crippen LogP contribution is -2.13. The molecule has 0 aliphatic heterocycles. The number of benzene rings is 2. The predicted octanol–water partition coefficient (Wildman–Crippen LogP) is 2.79. The normalized spacial score (nSPS) is 10.2. The minimum absolute atomic E-state index is 0.313. The zero-order valence-corrected chi connectivity index (χ0v) is 13.1. The van der Waals surface area contributed by atoms with Crippen molar-refractivity contribution in [2.24, 2.45) is 0 Å². The molecule has 0 aliphatic rings. The molecule has 2 aromatic carbocycles. The van der Waals surface area contributed by atoms with Crippen LogP contribution in [-0.2, 0) is 4.79 Å². The highest BCUT2D eigenvalue weighted by Gasteiger charge is 2.09. The molecule has 0 spiro atoms. The minimum Gasteiger partial charge on any atom is -0.482 e. The molecule has 0 unspecified atom stereocenters. The van der Waals surface area contributed by atoms with Gasteiger partial charge in [-0.1, -0.05) is 6.07 Å². The lowest BCUT2D eigenvalue weighted by Gasteiger charge is -2.08. The number of nitrogens with zero attached hydrogens (tertiary/aromatic N) is 1. The molecule has 3 aromatic rings. The van der Waals surface area contributed by atoms with Gasteiger partial charge in [0.2, 0.25) is 0 Å². The van der Waals surface area contributed by atoms with Crippen LogP contribution in [0.1, 0.15) is 10.4 Å². The van der Waals surface area contributed by atoms with E-state index in [9.17, 15) is 9.59 Å². The van der Waals surface area contributed by atoms with Crippen LogP contribution in [0.3, 0.4) is 0 Å². The van der Waals surface area contributed by atoms with E-state index in [1.54, 1.807) is 42.7 Å². The van der Waals surface area contributed by atoms with Crippen molar-refractivity contribution in [2.45, 2.75) is 0 Å². The van der Waals surface area contributed by atoms with Crippen LogP contribution >= 0.6 is 0 Å². The average Bonchev–Trinajstić information content (AvgIpc) is 3.15. The van der Waals surface area contributed by atoms with E-state index >= 15 is 0 Å². The third-order valence-electron chi connectivity index (χ3n) is 3.37. The summed E-state index contributed by atoms with van der Waals surface area (Å²) in [7, 11) is 0. The van der Waals surface area contributed by atoms with Crippen LogP contribution < -0.4 is 10.1 Å². The quantitative estimate of drug-likeness (QED) is 0.641. The van der Waals surface area contributed by atoms with E-state index in [2.05, 4.69) is 15.3 Å². The van der Waals surface area contributed by atoms with E-state index in [0.29, 0.717) is 17.0 Å². The zero-order valence-electron chi connectivity index (χ0n) is 13.1. The van der Waals surface area contributed by atoms with Gasteiger partial charge in [-0.25, -0.2) is 9.78 Å². The van der Waals surface area contributed by atoms with Crippen LogP contribution in [0.15, 0.2) is 60.9 Å². The van der Waals surface area contributed by atoms with Gasteiger partial charge >= 0.3 is 5.97 Å². The third kappa shape index (κ3) is 4.23. The molecule has 0 bridgehead atoms. The Morgan fingerprint density at radius 2 is 1.96 bits per heavy atom. The first kappa shape index (κ1) is 16.3. The molecule has 3 rings (SSSR count). The number of amides is 1. The van der Waals surface area contributed by atoms with E-state index in [4.69, 9.17) is 9.84 Å². The van der Waals surface area contributed by atoms with E-state index in [-0.39, 0.29) is 5.91 Å². The Bertz CT molecular complexity index is 874. The molecule has 1 aromatic heterocycles. The number of carbonyl (C=O) groups excluding carboxylic acids is 1. The van der Waals surface area contributed by atoms with Crippen LogP contribution in [0.5, 0.6) is 5.75 Å². The maximum Gasteiger partial charge on any atom is 0.341 e. The number of aromatic nitrogens is 2. The van der Waals surface area contributed by atoms with Gasteiger partial charge in [-0.3, -0.25) is 4.79 Å². The minimum atomic E-state index is -1.08. The van der Waals surface area contributed by atoms with Crippen molar-refractivity contribution >= 4 is 17.6 Å². The smallest absolute Gasteiger partial charge is 0.341 e. The molecule has 25 heavy (non-hydrogen) atoms. The summed E-state index contributed by atoms with van der Waals surface area (Å²) >= 11 is 0. The highest BCUT2D eigenvalue weighted by atomic mass is 16.5. The molecular weight excluding hydrogens is 322 g/mol. The number of hydrogen-bond acceptors (Lipinski definition) is 4. The monoisotopic (exact) mass is 337 g/mol. The van der Waals surface area contributed by atoms with Gasteiger partial charge < -0.3 is 20.1 Å². The first-order valence-electron chi connectivity index (χ1n) is 7.47. The fraction of sp³-hybridized carbons (Fsp3) is 0.0556. The van der Waals surface area contributed by atoms with Crippen LogP contribution in [0, 0.1) is 0 Å². The lowest BCUT2D eigenvalue weighted by molar-refractivity contribution is -0.139. The molecule has 0 fully saturated rings. The second-order valence-electron chi connectivity index (χ2n) is 5.18. The molecule has 0 radical (unpaired) electrons. The van der Waals surface area contributed by atoms with Crippen molar-refractivity contribution < 1.29 is 19.4 Å². The molecule has 1 amide bonds. The van der Waals surface area contributed by atoms with Crippen LogP contribution in [0.25, 0.3) is 11.4 Å². The Morgan fingerprint density at radius 3 is 2.64 bits per heavy atom.